The molecule has 1 atom stereocenters. The van der Waals surface area contributed by atoms with Gasteiger partial charge in [0.1, 0.15) is 5.60 Å². The SMILES string of the molecule is Cc1nc(C)c(CNCCC2CCCN2C(=O)OC(C)(C)C)s1. The maximum atomic E-state index is 12.2. The lowest BCUT2D eigenvalue weighted by molar-refractivity contribution is 0.0221. The molecule has 0 spiro atoms. The van der Waals surface area contributed by atoms with E-state index in [0.717, 1.165) is 49.6 Å². The van der Waals surface area contributed by atoms with Crippen molar-refractivity contribution in [1.82, 2.24) is 15.2 Å². The minimum Gasteiger partial charge on any atom is -0.444 e. The third kappa shape index (κ3) is 5.46. The first-order chi connectivity index (χ1) is 10.8. The highest BCUT2D eigenvalue weighted by atomic mass is 32.1. The molecule has 0 aliphatic carbocycles. The van der Waals surface area contributed by atoms with Crippen molar-refractivity contribution in [2.75, 3.05) is 13.1 Å². The van der Waals surface area contributed by atoms with Crippen LogP contribution in [0.1, 0.15) is 55.6 Å². The maximum Gasteiger partial charge on any atom is 0.410 e. The lowest BCUT2D eigenvalue weighted by atomic mass is 10.1. The van der Waals surface area contributed by atoms with Gasteiger partial charge in [-0.2, -0.15) is 0 Å². The minimum absolute atomic E-state index is 0.172. The normalized spacial score (nSPS) is 18.5. The highest BCUT2D eigenvalue weighted by Crippen LogP contribution is 2.23. The fourth-order valence-electron chi connectivity index (χ4n) is 2.90. The van der Waals surface area contributed by atoms with Crippen LogP contribution in [-0.2, 0) is 11.3 Å². The Morgan fingerprint density at radius 2 is 2.17 bits per heavy atom. The molecule has 1 unspecified atom stereocenters. The van der Waals surface area contributed by atoms with Crippen molar-refractivity contribution in [2.45, 2.75) is 72.1 Å². The number of hydrogen-bond donors (Lipinski definition) is 1. The quantitative estimate of drug-likeness (QED) is 0.832. The van der Waals surface area contributed by atoms with E-state index in [1.165, 1.54) is 4.88 Å². The number of thiazole rings is 1. The zero-order valence-corrected chi connectivity index (χ0v) is 15.8. The summed E-state index contributed by atoms with van der Waals surface area (Å²) in [5, 5.41) is 4.60. The van der Waals surface area contributed by atoms with Crippen LogP contribution in [-0.4, -0.2) is 40.7 Å². The van der Waals surface area contributed by atoms with Crippen LogP contribution in [0.25, 0.3) is 0 Å². The Kier molecular flexibility index (Phi) is 6.03. The average Bonchev–Trinajstić information content (AvgIpc) is 2.99. The van der Waals surface area contributed by atoms with Gasteiger partial charge in [-0.3, -0.25) is 0 Å². The third-order valence-corrected chi connectivity index (χ3v) is 5.02. The molecule has 1 amide bonds. The molecule has 6 heteroatoms. The van der Waals surface area contributed by atoms with Crippen molar-refractivity contribution in [3.8, 4) is 0 Å². The van der Waals surface area contributed by atoms with Gasteiger partial charge in [-0.05, 0) is 60.4 Å². The summed E-state index contributed by atoms with van der Waals surface area (Å²) in [7, 11) is 0. The Balaban J connectivity index is 1.76. The van der Waals surface area contributed by atoms with Gasteiger partial charge in [0.05, 0.1) is 10.7 Å². The fourth-order valence-corrected chi connectivity index (χ4v) is 3.81. The van der Waals surface area contributed by atoms with Gasteiger partial charge in [-0.1, -0.05) is 0 Å². The summed E-state index contributed by atoms with van der Waals surface area (Å²) in [5.41, 5.74) is 0.695. The second-order valence-corrected chi connectivity index (χ2v) is 8.46. The Morgan fingerprint density at radius 1 is 1.43 bits per heavy atom. The number of ether oxygens (including phenoxy) is 1. The topological polar surface area (TPSA) is 54.5 Å². The van der Waals surface area contributed by atoms with E-state index in [-0.39, 0.29) is 6.09 Å². The van der Waals surface area contributed by atoms with Crippen LogP contribution >= 0.6 is 11.3 Å². The third-order valence-electron chi connectivity index (χ3n) is 3.94. The van der Waals surface area contributed by atoms with Crippen molar-refractivity contribution < 1.29 is 9.53 Å². The summed E-state index contributed by atoms with van der Waals surface area (Å²) < 4.78 is 5.51. The van der Waals surface area contributed by atoms with Gasteiger partial charge in [0.2, 0.25) is 0 Å². The molecular formula is C17H29N3O2S. The number of aryl methyl sites for hydroxylation is 2. The van der Waals surface area contributed by atoms with Crippen LogP contribution in [0.5, 0.6) is 0 Å². The Labute approximate surface area is 143 Å². The van der Waals surface area contributed by atoms with E-state index in [1.54, 1.807) is 11.3 Å². The summed E-state index contributed by atoms with van der Waals surface area (Å²) in [5.74, 6) is 0. The number of likely N-dealkylation sites (tertiary alicyclic amines) is 1. The summed E-state index contributed by atoms with van der Waals surface area (Å²) in [4.78, 5) is 19.9. The van der Waals surface area contributed by atoms with Gasteiger partial charge < -0.3 is 15.0 Å². The molecule has 23 heavy (non-hydrogen) atoms. The van der Waals surface area contributed by atoms with E-state index < -0.39 is 5.60 Å². The molecule has 1 aliphatic heterocycles. The predicted octanol–water partition coefficient (Wildman–Crippen LogP) is 3.64. The second-order valence-electron chi connectivity index (χ2n) is 7.18. The number of carbonyl (C=O) groups excluding carboxylic acids is 1. The number of hydrogen-bond acceptors (Lipinski definition) is 5. The highest BCUT2D eigenvalue weighted by molar-refractivity contribution is 7.11. The first-order valence-electron chi connectivity index (χ1n) is 8.39. The van der Waals surface area contributed by atoms with Crippen LogP contribution in [0.15, 0.2) is 0 Å². The van der Waals surface area contributed by atoms with Crippen LogP contribution in [0.3, 0.4) is 0 Å². The number of aromatic nitrogens is 1. The maximum absolute atomic E-state index is 12.2. The predicted molar refractivity (Wildman–Crippen MR) is 93.9 cm³/mol. The molecule has 0 radical (unpaired) electrons. The monoisotopic (exact) mass is 339 g/mol. The van der Waals surface area contributed by atoms with Crippen molar-refractivity contribution in [3.05, 3.63) is 15.6 Å². The standard InChI is InChI=1S/C17H29N3O2S/c1-12-15(23-13(2)19-12)11-18-9-8-14-7-6-10-20(14)16(21)22-17(3,4)5/h14,18H,6-11H2,1-5H3. The first-order valence-corrected chi connectivity index (χ1v) is 9.21. The fraction of sp³-hybridized carbons (Fsp3) is 0.765. The van der Waals surface area contributed by atoms with Gasteiger partial charge in [-0.25, -0.2) is 9.78 Å². The lowest BCUT2D eigenvalue weighted by Gasteiger charge is -2.28. The lowest BCUT2D eigenvalue weighted by Crippen LogP contribution is -2.40. The average molecular weight is 340 g/mol. The van der Waals surface area contributed by atoms with Crippen molar-refractivity contribution >= 4 is 17.4 Å². The number of nitrogens with zero attached hydrogens (tertiary/aromatic N) is 2. The molecule has 130 valence electrons. The number of carbonyl (C=O) groups is 1. The summed E-state index contributed by atoms with van der Waals surface area (Å²) >= 11 is 1.75. The highest BCUT2D eigenvalue weighted by Gasteiger charge is 2.31. The Bertz CT molecular complexity index is 536. The van der Waals surface area contributed by atoms with Gasteiger partial charge in [0.25, 0.3) is 0 Å². The molecule has 1 aromatic heterocycles. The van der Waals surface area contributed by atoms with E-state index in [4.69, 9.17) is 4.74 Å². The zero-order chi connectivity index (χ0) is 17.0. The number of rotatable bonds is 5. The molecule has 1 aromatic rings. The summed E-state index contributed by atoms with van der Waals surface area (Å²) in [6.45, 7) is 12.4. The molecule has 0 aromatic carbocycles. The molecule has 0 bridgehead atoms. The molecule has 2 rings (SSSR count). The Morgan fingerprint density at radius 3 is 2.78 bits per heavy atom. The number of nitrogens with one attached hydrogen (secondary N) is 1. The van der Waals surface area contributed by atoms with Crippen LogP contribution in [0.2, 0.25) is 0 Å². The molecule has 2 heterocycles. The smallest absolute Gasteiger partial charge is 0.410 e. The Hall–Kier alpha value is -1.14. The molecule has 1 N–H and O–H groups in total. The van der Waals surface area contributed by atoms with Crippen LogP contribution < -0.4 is 5.32 Å². The van der Waals surface area contributed by atoms with Crippen molar-refractivity contribution in [1.29, 1.82) is 0 Å². The van der Waals surface area contributed by atoms with Crippen LogP contribution in [0, 0.1) is 13.8 Å². The molecule has 0 saturated carbocycles. The van der Waals surface area contributed by atoms with E-state index >= 15 is 0 Å². The van der Waals surface area contributed by atoms with Crippen molar-refractivity contribution in [3.63, 3.8) is 0 Å². The van der Waals surface area contributed by atoms with Crippen molar-refractivity contribution in [2.24, 2.45) is 0 Å². The largest absolute Gasteiger partial charge is 0.444 e. The molecule has 1 fully saturated rings. The second kappa shape index (κ2) is 7.62. The molecule has 1 saturated heterocycles. The first kappa shape index (κ1) is 18.2. The van der Waals surface area contributed by atoms with E-state index in [1.807, 2.05) is 32.6 Å². The molecule has 1 aliphatic rings. The summed E-state index contributed by atoms with van der Waals surface area (Å²) in [6, 6.07) is 0.293. The number of amides is 1. The molecule has 5 nitrogen and oxygen atoms in total. The van der Waals surface area contributed by atoms with Gasteiger partial charge in [-0.15, -0.1) is 11.3 Å². The van der Waals surface area contributed by atoms with Gasteiger partial charge >= 0.3 is 6.09 Å². The van der Waals surface area contributed by atoms with Gasteiger partial charge in [0, 0.05) is 24.0 Å². The van der Waals surface area contributed by atoms with E-state index in [9.17, 15) is 4.79 Å². The van der Waals surface area contributed by atoms with E-state index in [2.05, 4.69) is 17.2 Å². The minimum atomic E-state index is -0.427. The van der Waals surface area contributed by atoms with Gasteiger partial charge in [0.15, 0.2) is 0 Å². The zero-order valence-electron chi connectivity index (χ0n) is 14.9. The summed E-state index contributed by atoms with van der Waals surface area (Å²) in [6.07, 6.45) is 2.93. The molecular weight excluding hydrogens is 310 g/mol. The van der Waals surface area contributed by atoms with Crippen LogP contribution in [0.4, 0.5) is 4.79 Å². The van der Waals surface area contributed by atoms with E-state index in [0.29, 0.717) is 6.04 Å².